The van der Waals surface area contributed by atoms with Crippen molar-refractivity contribution in [3.63, 3.8) is 0 Å². The van der Waals surface area contributed by atoms with E-state index < -0.39 is 33.3 Å². The number of sulfonamides is 1. The van der Waals surface area contributed by atoms with Crippen molar-refractivity contribution in [3.05, 3.63) is 27.7 Å². The maximum atomic E-state index is 12.0. The number of halogens is 2. The van der Waals surface area contributed by atoms with Crippen LogP contribution in [0.5, 0.6) is 0 Å². The van der Waals surface area contributed by atoms with Gasteiger partial charge >= 0.3 is 5.97 Å². The number of hydrogen-bond acceptors (Lipinski definition) is 6. The molecule has 1 aromatic carbocycles. The Kier molecular flexibility index (Phi) is 5.93. The molecule has 0 spiro atoms. The molecule has 0 aliphatic carbocycles. The predicted molar refractivity (Wildman–Crippen MR) is 75.3 cm³/mol. The molecule has 0 aliphatic rings. The lowest BCUT2D eigenvalue weighted by Crippen LogP contribution is -2.40. The molecule has 0 saturated heterocycles. The molecular weight excluding hydrogens is 345 g/mol. The van der Waals surface area contributed by atoms with E-state index in [1.165, 1.54) is 0 Å². The summed E-state index contributed by atoms with van der Waals surface area (Å²) >= 11 is 11.6. The Morgan fingerprint density at radius 2 is 1.90 bits per heavy atom. The molecule has 0 atom stereocenters. The SMILES string of the molecule is COC(=O)c1cc(S(=O)(=O)NCC(=O)NN)c(Cl)cc1Cl. The molecule has 0 heterocycles. The minimum absolute atomic E-state index is 0.0644. The first kappa shape index (κ1) is 17.7. The van der Waals surface area contributed by atoms with E-state index in [4.69, 9.17) is 29.0 Å². The van der Waals surface area contributed by atoms with Gasteiger partial charge in [0.05, 0.1) is 29.3 Å². The van der Waals surface area contributed by atoms with Gasteiger partial charge in [-0.25, -0.2) is 23.8 Å². The Balaban J connectivity index is 3.23. The molecule has 4 N–H and O–H groups in total. The Morgan fingerprint density at radius 3 is 2.43 bits per heavy atom. The molecule has 8 nitrogen and oxygen atoms in total. The van der Waals surface area contributed by atoms with Crippen molar-refractivity contribution >= 4 is 45.1 Å². The van der Waals surface area contributed by atoms with Crippen molar-refractivity contribution in [1.29, 1.82) is 0 Å². The third kappa shape index (κ3) is 4.29. The maximum absolute atomic E-state index is 12.0. The molecule has 116 valence electrons. The van der Waals surface area contributed by atoms with Crippen LogP contribution < -0.4 is 16.0 Å². The fourth-order valence-electron chi connectivity index (χ4n) is 1.29. The number of carbonyl (C=O) groups is 2. The molecule has 0 fully saturated rings. The molecule has 1 amide bonds. The zero-order valence-electron chi connectivity index (χ0n) is 10.6. The van der Waals surface area contributed by atoms with Crippen LogP contribution in [0.3, 0.4) is 0 Å². The lowest BCUT2D eigenvalue weighted by molar-refractivity contribution is -0.120. The van der Waals surface area contributed by atoms with Gasteiger partial charge in [-0.05, 0) is 12.1 Å². The molecule has 0 unspecified atom stereocenters. The Hall–Kier alpha value is -1.39. The summed E-state index contributed by atoms with van der Waals surface area (Å²) in [4.78, 5) is 22.0. The van der Waals surface area contributed by atoms with E-state index in [-0.39, 0.29) is 15.6 Å². The van der Waals surface area contributed by atoms with Gasteiger partial charge in [0, 0.05) is 0 Å². The van der Waals surface area contributed by atoms with Crippen LogP contribution in [0.4, 0.5) is 0 Å². The number of esters is 1. The Bertz CT molecular complexity index is 678. The number of methoxy groups -OCH3 is 1. The molecule has 0 aliphatic heterocycles. The van der Waals surface area contributed by atoms with Crippen LogP contribution >= 0.6 is 23.2 Å². The van der Waals surface area contributed by atoms with E-state index in [9.17, 15) is 18.0 Å². The highest BCUT2D eigenvalue weighted by Gasteiger charge is 2.23. The zero-order valence-corrected chi connectivity index (χ0v) is 13.0. The van der Waals surface area contributed by atoms with Gasteiger partial charge in [0.15, 0.2) is 0 Å². The first-order valence-electron chi connectivity index (χ1n) is 5.29. The van der Waals surface area contributed by atoms with Crippen molar-refractivity contribution in [2.75, 3.05) is 13.7 Å². The summed E-state index contributed by atoms with van der Waals surface area (Å²) in [5.41, 5.74) is 1.58. The first-order chi connectivity index (χ1) is 9.72. The standard InChI is InChI=1S/C10H11Cl2N3O5S/c1-20-10(17)5-2-8(7(12)3-6(5)11)21(18,19)14-4-9(16)15-13/h2-3,14H,4,13H2,1H3,(H,15,16). The van der Waals surface area contributed by atoms with E-state index in [1.54, 1.807) is 5.43 Å². The molecule has 1 rings (SSSR count). The van der Waals surface area contributed by atoms with Crippen LogP contribution in [-0.4, -0.2) is 33.9 Å². The summed E-state index contributed by atoms with van der Waals surface area (Å²) in [5, 5.41) is -0.279. The quantitative estimate of drug-likeness (QED) is 0.296. The van der Waals surface area contributed by atoms with Gasteiger partial charge in [0.25, 0.3) is 0 Å². The molecule has 1 aromatic rings. The van der Waals surface area contributed by atoms with Crippen LogP contribution in [0, 0.1) is 0 Å². The number of benzene rings is 1. The third-order valence-electron chi connectivity index (χ3n) is 2.30. The van der Waals surface area contributed by atoms with Crippen LogP contribution in [-0.2, 0) is 19.6 Å². The highest BCUT2D eigenvalue weighted by atomic mass is 35.5. The van der Waals surface area contributed by atoms with E-state index in [0.717, 1.165) is 19.2 Å². The van der Waals surface area contributed by atoms with Crippen molar-refractivity contribution < 1.29 is 22.7 Å². The number of nitrogens with one attached hydrogen (secondary N) is 2. The van der Waals surface area contributed by atoms with Crippen LogP contribution in [0.15, 0.2) is 17.0 Å². The summed E-state index contributed by atoms with van der Waals surface area (Å²) < 4.78 is 30.5. The van der Waals surface area contributed by atoms with Gasteiger partial charge < -0.3 is 4.74 Å². The van der Waals surface area contributed by atoms with Gasteiger partial charge in [-0.3, -0.25) is 10.2 Å². The van der Waals surface area contributed by atoms with Crippen molar-refractivity contribution in [2.24, 2.45) is 5.84 Å². The second-order valence-corrected chi connectivity index (χ2v) is 6.20. The van der Waals surface area contributed by atoms with E-state index in [2.05, 4.69) is 4.74 Å². The molecule has 0 saturated carbocycles. The fraction of sp³-hybridized carbons (Fsp3) is 0.200. The molecule has 0 radical (unpaired) electrons. The number of nitrogens with two attached hydrogens (primary N) is 1. The minimum atomic E-state index is -4.14. The van der Waals surface area contributed by atoms with Gasteiger partial charge in [-0.2, -0.15) is 0 Å². The molecule has 11 heteroatoms. The number of rotatable bonds is 5. The van der Waals surface area contributed by atoms with Gasteiger partial charge in [-0.15, -0.1) is 0 Å². The van der Waals surface area contributed by atoms with Crippen molar-refractivity contribution in [3.8, 4) is 0 Å². The first-order valence-corrected chi connectivity index (χ1v) is 7.53. The second kappa shape index (κ2) is 7.05. The van der Waals surface area contributed by atoms with Gasteiger partial charge in [-0.1, -0.05) is 23.2 Å². The van der Waals surface area contributed by atoms with Crippen LogP contribution in [0.2, 0.25) is 10.0 Å². The lowest BCUT2D eigenvalue weighted by atomic mass is 10.2. The zero-order chi connectivity index (χ0) is 16.2. The van der Waals surface area contributed by atoms with Crippen LogP contribution in [0.25, 0.3) is 0 Å². The third-order valence-corrected chi connectivity index (χ3v) is 4.48. The molecule has 0 aromatic heterocycles. The predicted octanol–water partition coefficient (Wildman–Crippen LogP) is 0.0482. The Labute approximate surface area is 130 Å². The Morgan fingerprint density at radius 1 is 1.29 bits per heavy atom. The summed E-state index contributed by atoms with van der Waals surface area (Å²) in [7, 11) is -3.03. The average Bonchev–Trinajstić information content (AvgIpc) is 2.43. The average molecular weight is 356 g/mol. The fourth-order valence-corrected chi connectivity index (χ4v) is 3.12. The molecular formula is C10H11Cl2N3O5S. The topological polar surface area (TPSA) is 128 Å². The highest BCUT2D eigenvalue weighted by Crippen LogP contribution is 2.29. The maximum Gasteiger partial charge on any atom is 0.339 e. The van der Waals surface area contributed by atoms with Gasteiger partial charge in [0.2, 0.25) is 15.9 Å². The minimum Gasteiger partial charge on any atom is -0.465 e. The van der Waals surface area contributed by atoms with E-state index >= 15 is 0 Å². The van der Waals surface area contributed by atoms with Crippen molar-refractivity contribution in [2.45, 2.75) is 4.90 Å². The summed E-state index contributed by atoms with van der Waals surface area (Å²) in [6.45, 7) is -0.592. The smallest absolute Gasteiger partial charge is 0.339 e. The second-order valence-electron chi connectivity index (χ2n) is 3.65. The summed E-state index contributed by atoms with van der Waals surface area (Å²) in [6.07, 6.45) is 0. The van der Waals surface area contributed by atoms with E-state index in [1.807, 2.05) is 4.72 Å². The van der Waals surface area contributed by atoms with E-state index in [0.29, 0.717) is 0 Å². The lowest BCUT2D eigenvalue weighted by Gasteiger charge is -2.10. The van der Waals surface area contributed by atoms with Crippen molar-refractivity contribution in [1.82, 2.24) is 10.1 Å². The highest BCUT2D eigenvalue weighted by molar-refractivity contribution is 7.89. The van der Waals surface area contributed by atoms with Crippen LogP contribution in [0.1, 0.15) is 10.4 Å². The summed E-state index contributed by atoms with van der Waals surface area (Å²) in [5.74, 6) is 3.25. The number of amides is 1. The molecule has 0 bridgehead atoms. The summed E-state index contributed by atoms with van der Waals surface area (Å²) in [6, 6.07) is 2.05. The number of hydrogen-bond donors (Lipinski definition) is 3. The van der Waals surface area contributed by atoms with Gasteiger partial charge in [0.1, 0.15) is 4.90 Å². The number of carbonyl (C=O) groups excluding carboxylic acids is 2. The normalized spacial score (nSPS) is 11.0. The molecule has 21 heavy (non-hydrogen) atoms. The largest absolute Gasteiger partial charge is 0.465 e. The monoisotopic (exact) mass is 355 g/mol. The number of ether oxygens (including phenoxy) is 1. The number of hydrazine groups is 1.